The first-order valence-electron chi connectivity index (χ1n) is 11.0. The van der Waals surface area contributed by atoms with Crippen molar-refractivity contribution >= 4 is 17.5 Å². The lowest BCUT2D eigenvalue weighted by Crippen LogP contribution is -2.59. The molecule has 4 rings (SSSR count). The van der Waals surface area contributed by atoms with Gasteiger partial charge < -0.3 is 4.74 Å². The SMILES string of the molecule is CC(=O)O[C@]1(C(C)=O)CCC2C3C[C@H](C)C4=CC(=O)CCC4(C)C3CCC21C. The minimum atomic E-state index is -0.961. The van der Waals surface area contributed by atoms with E-state index in [4.69, 9.17) is 4.74 Å². The summed E-state index contributed by atoms with van der Waals surface area (Å²) in [6.45, 7) is 9.87. The van der Waals surface area contributed by atoms with E-state index in [9.17, 15) is 14.4 Å². The predicted octanol–water partition coefficient (Wildman–Crippen LogP) is 4.66. The van der Waals surface area contributed by atoms with Crippen LogP contribution < -0.4 is 0 Å². The predicted molar refractivity (Wildman–Crippen MR) is 106 cm³/mol. The smallest absolute Gasteiger partial charge is 0.303 e. The van der Waals surface area contributed by atoms with Crippen molar-refractivity contribution in [2.45, 2.75) is 85.2 Å². The van der Waals surface area contributed by atoms with Gasteiger partial charge in [-0.1, -0.05) is 26.3 Å². The van der Waals surface area contributed by atoms with Crippen molar-refractivity contribution in [3.63, 3.8) is 0 Å². The summed E-state index contributed by atoms with van der Waals surface area (Å²) in [5, 5.41) is 0. The van der Waals surface area contributed by atoms with E-state index in [2.05, 4.69) is 20.8 Å². The van der Waals surface area contributed by atoms with Crippen molar-refractivity contribution in [1.29, 1.82) is 0 Å². The molecule has 0 bridgehead atoms. The van der Waals surface area contributed by atoms with Crippen LogP contribution in [0.3, 0.4) is 0 Å². The summed E-state index contributed by atoms with van der Waals surface area (Å²) in [4.78, 5) is 36.8. The Morgan fingerprint density at radius 3 is 2.39 bits per heavy atom. The fraction of sp³-hybridized carbons (Fsp3) is 0.792. The van der Waals surface area contributed by atoms with Gasteiger partial charge in [0.1, 0.15) is 0 Å². The summed E-state index contributed by atoms with van der Waals surface area (Å²) in [5.74, 6) is 1.82. The molecule has 0 aromatic heterocycles. The van der Waals surface area contributed by atoms with Crippen LogP contribution in [0.15, 0.2) is 11.6 Å². The van der Waals surface area contributed by atoms with E-state index < -0.39 is 5.60 Å². The lowest BCUT2D eigenvalue weighted by molar-refractivity contribution is -0.187. The first-order valence-corrected chi connectivity index (χ1v) is 11.0. The number of carbonyl (C=O) groups is 3. The van der Waals surface area contributed by atoms with Gasteiger partial charge in [0.15, 0.2) is 17.2 Å². The van der Waals surface area contributed by atoms with Crippen LogP contribution in [0.1, 0.15) is 79.6 Å². The molecule has 4 heteroatoms. The Morgan fingerprint density at radius 1 is 1.07 bits per heavy atom. The van der Waals surface area contributed by atoms with Gasteiger partial charge >= 0.3 is 5.97 Å². The summed E-state index contributed by atoms with van der Waals surface area (Å²) in [7, 11) is 0. The average molecular weight is 387 g/mol. The van der Waals surface area contributed by atoms with E-state index in [1.54, 1.807) is 6.92 Å². The molecule has 0 N–H and O–H groups in total. The Bertz CT molecular complexity index is 767. The van der Waals surface area contributed by atoms with Crippen molar-refractivity contribution in [2.24, 2.45) is 34.5 Å². The number of rotatable bonds is 2. The fourth-order valence-electron chi connectivity index (χ4n) is 8.05. The molecule has 154 valence electrons. The van der Waals surface area contributed by atoms with Crippen LogP contribution in [0.2, 0.25) is 0 Å². The minimum Gasteiger partial charge on any atom is -0.451 e. The average Bonchev–Trinajstić information content (AvgIpc) is 2.90. The largest absolute Gasteiger partial charge is 0.451 e. The van der Waals surface area contributed by atoms with Crippen LogP contribution in [-0.4, -0.2) is 23.1 Å². The van der Waals surface area contributed by atoms with Gasteiger partial charge in [-0.05, 0) is 80.6 Å². The second-order valence-corrected chi connectivity index (χ2v) is 10.5. The van der Waals surface area contributed by atoms with Crippen LogP contribution in [0, 0.1) is 34.5 Å². The quantitative estimate of drug-likeness (QED) is 0.648. The second kappa shape index (κ2) is 6.27. The monoisotopic (exact) mass is 386 g/mol. The summed E-state index contributed by atoms with van der Waals surface area (Å²) >= 11 is 0. The fourth-order valence-corrected chi connectivity index (χ4v) is 8.05. The number of fused-ring (bicyclic) bond motifs is 5. The van der Waals surface area contributed by atoms with E-state index in [0.717, 1.165) is 32.1 Å². The third-order valence-electron chi connectivity index (χ3n) is 9.29. The summed E-state index contributed by atoms with van der Waals surface area (Å²) in [6, 6.07) is 0. The normalized spacial score (nSPS) is 47.5. The van der Waals surface area contributed by atoms with E-state index in [1.807, 2.05) is 6.08 Å². The highest BCUT2D eigenvalue weighted by Crippen LogP contribution is 2.69. The number of carbonyl (C=O) groups excluding carboxylic acids is 3. The Balaban J connectivity index is 1.73. The molecule has 0 aromatic rings. The number of ketones is 2. The third-order valence-corrected chi connectivity index (χ3v) is 9.29. The summed E-state index contributed by atoms with van der Waals surface area (Å²) < 4.78 is 5.84. The summed E-state index contributed by atoms with van der Waals surface area (Å²) in [5.41, 5.74) is 0.218. The summed E-state index contributed by atoms with van der Waals surface area (Å²) in [6.07, 6.45) is 8.19. The molecule has 0 saturated heterocycles. The topological polar surface area (TPSA) is 60.4 Å². The van der Waals surface area contributed by atoms with E-state index in [0.29, 0.717) is 36.5 Å². The Kier molecular flexibility index (Phi) is 4.45. The van der Waals surface area contributed by atoms with Gasteiger partial charge in [-0.15, -0.1) is 0 Å². The molecule has 7 atom stereocenters. The van der Waals surface area contributed by atoms with Crippen molar-refractivity contribution in [1.82, 2.24) is 0 Å². The number of esters is 1. The first-order chi connectivity index (χ1) is 13.0. The molecule has 28 heavy (non-hydrogen) atoms. The molecule has 4 aliphatic rings. The van der Waals surface area contributed by atoms with Crippen LogP contribution in [0.25, 0.3) is 0 Å². The third kappa shape index (κ3) is 2.45. The van der Waals surface area contributed by atoms with Crippen LogP contribution in [-0.2, 0) is 19.1 Å². The second-order valence-electron chi connectivity index (χ2n) is 10.5. The molecule has 0 aromatic carbocycles. The lowest BCUT2D eigenvalue weighted by atomic mass is 9.44. The van der Waals surface area contributed by atoms with Crippen molar-refractivity contribution in [3.05, 3.63) is 11.6 Å². The standard InChI is InChI=1S/C24H34O4/c1-14-12-18-19(22(4)9-6-17(27)13-21(14)22)7-10-23(5)20(18)8-11-24(23,15(2)25)28-16(3)26/h13-14,18-20H,6-12H2,1-5H3/t14-,18?,19?,20?,22?,23?,24-/m0/s1. The van der Waals surface area contributed by atoms with Crippen LogP contribution in [0.5, 0.6) is 0 Å². The van der Waals surface area contributed by atoms with Gasteiger partial charge in [0.05, 0.1) is 0 Å². The Hall–Kier alpha value is -1.45. The highest BCUT2D eigenvalue weighted by molar-refractivity contribution is 5.92. The zero-order valence-corrected chi connectivity index (χ0v) is 18.0. The van der Waals surface area contributed by atoms with Gasteiger partial charge in [-0.2, -0.15) is 0 Å². The van der Waals surface area contributed by atoms with E-state index >= 15 is 0 Å². The number of Topliss-reactive ketones (excluding diaryl/α,β-unsaturated/α-hetero) is 1. The van der Waals surface area contributed by atoms with Gasteiger partial charge in [0, 0.05) is 18.8 Å². The molecule has 0 heterocycles. The van der Waals surface area contributed by atoms with Crippen molar-refractivity contribution in [3.8, 4) is 0 Å². The maximum absolute atomic E-state index is 12.8. The first kappa shape index (κ1) is 19.8. The molecule has 0 aliphatic heterocycles. The van der Waals surface area contributed by atoms with Crippen molar-refractivity contribution < 1.29 is 19.1 Å². The molecular formula is C24H34O4. The van der Waals surface area contributed by atoms with Gasteiger partial charge in [-0.3, -0.25) is 14.4 Å². The van der Waals surface area contributed by atoms with Gasteiger partial charge in [-0.25, -0.2) is 0 Å². The maximum atomic E-state index is 12.8. The highest BCUT2D eigenvalue weighted by atomic mass is 16.6. The molecule has 0 radical (unpaired) electrons. The van der Waals surface area contributed by atoms with Crippen LogP contribution >= 0.6 is 0 Å². The van der Waals surface area contributed by atoms with Crippen molar-refractivity contribution in [2.75, 3.05) is 0 Å². The zero-order chi connectivity index (χ0) is 20.5. The molecule has 0 amide bonds. The molecular weight excluding hydrogens is 352 g/mol. The Labute approximate surface area is 168 Å². The molecule has 4 aliphatic carbocycles. The van der Waals surface area contributed by atoms with Crippen LogP contribution in [0.4, 0.5) is 0 Å². The molecule has 4 nitrogen and oxygen atoms in total. The highest BCUT2D eigenvalue weighted by Gasteiger charge is 2.68. The van der Waals surface area contributed by atoms with Gasteiger partial charge in [0.25, 0.3) is 0 Å². The molecule has 5 unspecified atom stereocenters. The Morgan fingerprint density at radius 2 is 1.75 bits per heavy atom. The maximum Gasteiger partial charge on any atom is 0.303 e. The zero-order valence-electron chi connectivity index (χ0n) is 18.0. The number of allylic oxidation sites excluding steroid dienone is 1. The van der Waals surface area contributed by atoms with Gasteiger partial charge in [0.2, 0.25) is 0 Å². The number of ether oxygens (including phenoxy) is 1. The molecule has 3 saturated carbocycles. The van der Waals surface area contributed by atoms with E-state index in [-0.39, 0.29) is 28.4 Å². The molecule has 0 spiro atoms. The minimum absolute atomic E-state index is 0.00469. The lowest BCUT2D eigenvalue weighted by Gasteiger charge is -2.60. The number of hydrogen-bond donors (Lipinski definition) is 0. The number of hydrogen-bond acceptors (Lipinski definition) is 4. The van der Waals surface area contributed by atoms with E-state index in [1.165, 1.54) is 12.5 Å². The molecule has 3 fully saturated rings.